The molecule has 2 amide bonds. The number of rotatable bonds is 6. The first-order valence-electron chi connectivity index (χ1n) is 8.33. The summed E-state index contributed by atoms with van der Waals surface area (Å²) in [5.74, 6) is 0.302. The van der Waals surface area contributed by atoms with Crippen molar-refractivity contribution >= 4 is 23.5 Å². The number of nitrogens with zero attached hydrogens (tertiary/aromatic N) is 1. The van der Waals surface area contributed by atoms with Crippen molar-refractivity contribution in [3.8, 4) is 5.75 Å². The number of carbonyl (C=O) groups excluding carboxylic acids is 2. The molecule has 1 heterocycles. The zero-order valence-electron chi connectivity index (χ0n) is 14.7. The fourth-order valence-corrected chi connectivity index (χ4v) is 3.21. The average molecular weight is 331 g/mol. The van der Waals surface area contributed by atoms with Crippen LogP contribution in [-0.2, 0) is 9.59 Å². The van der Waals surface area contributed by atoms with Gasteiger partial charge in [0.1, 0.15) is 11.2 Å². The third-order valence-corrected chi connectivity index (χ3v) is 4.71. The fraction of sp³-hybridized carbons (Fsp3) is 0.500. The molecule has 0 aliphatic carbocycles. The molecule has 1 aromatic carbocycles. The van der Waals surface area contributed by atoms with Crippen LogP contribution in [0.4, 0.5) is 5.69 Å². The molecule has 1 saturated heterocycles. The van der Waals surface area contributed by atoms with Gasteiger partial charge in [0.25, 0.3) is 0 Å². The number of benzene rings is 1. The van der Waals surface area contributed by atoms with Gasteiger partial charge in [0.15, 0.2) is 0 Å². The number of hydrogen-bond donors (Lipinski definition) is 2. The second-order valence-corrected chi connectivity index (χ2v) is 6.08. The molecule has 0 aromatic heterocycles. The van der Waals surface area contributed by atoms with E-state index in [1.165, 1.54) is 0 Å². The SMILES string of the molecule is CCC[C@@H](C)C1(CC)C(=O)NC(=Nc2ccc(OC)cc2)NC1=O. The molecule has 2 rings (SSSR count). The highest BCUT2D eigenvalue weighted by atomic mass is 16.5. The van der Waals surface area contributed by atoms with Crippen molar-refractivity contribution in [1.29, 1.82) is 0 Å². The zero-order chi connectivity index (χ0) is 17.7. The van der Waals surface area contributed by atoms with Gasteiger partial charge in [-0.2, -0.15) is 0 Å². The van der Waals surface area contributed by atoms with Gasteiger partial charge in [-0.1, -0.05) is 27.2 Å². The van der Waals surface area contributed by atoms with Gasteiger partial charge >= 0.3 is 0 Å². The molecule has 6 nitrogen and oxygen atoms in total. The standard InChI is InChI=1S/C18H25N3O3/c1-5-7-12(3)18(6-2)15(22)20-17(21-16(18)23)19-13-8-10-14(24-4)11-9-13/h8-12H,5-7H2,1-4H3,(H2,19,20,21,22,23)/t12-/m1/s1. The highest BCUT2D eigenvalue weighted by molar-refractivity contribution is 6.20. The van der Waals surface area contributed by atoms with Crippen LogP contribution in [0.2, 0.25) is 0 Å². The zero-order valence-corrected chi connectivity index (χ0v) is 14.7. The first kappa shape index (κ1) is 18.0. The van der Waals surface area contributed by atoms with Crippen LogP contribution in [0.15, 0.2) is 29.3 Å². The predicted molar refractivity (Wildman–Crippen MR) is 93.2 cm³/mol. The highest BCUT2D eigenvalue weighted by Gasteiger charge is 2.51. The van der Waals surface area contributed by atoms with E-state index in [4.69, 9.17) is 4.74 Å². The number of amides is 2. The monoisotopic (exact) mass is 331 g/mol. The Hall–Kier alpha value is -2.37. The van der Waals surface area contributed by atoms with Crippen molar-refractivity contribution in [2.24, 2.45) is 16.3 Å². The minimum atomic E-state index is -1.03. The van der Waals surface area contributed by atoms with Crippen LogP contribution >= 0.6 is 0 Å². The van der Waals surface area contributed by atoms with Crippen LogP contribution in [0.25, 0.3) is 0 Å². The Balaban J connectivity index is 2.24. The molecule has 1 aliphatic rings. The Kier molecular flexibility index (Phi) is 5.59. The Bertz CT molecular complexity index is 617. The maximum Gasteiger partial charge on any atom is 0.242 e. The Morgan fingerprint density at radius 1 is 1.12 bits per heavy atom. The van der Waals surface area contributed by atoms with Gasteiger partial charge < -0.3 is 4.74 Å². The molecule has 0 radical (unpaired) electrons. The topological polar surface area (TPSA) is 79.8 Å². The van der Waals surface area contributed by atoms with E-state index in [1.807, 2.05) is 13.8 Å². The van der Waals surface area contributed by atoms with Crippen molar-refractivity contribution in [3.63, 3.8) is 0 Å². The number of hydrogen-bond acceptors (Lipinski definition) is 4. The van der Waals surface area contributed by atoms with E-state index in [-0.39, 0.29) is 23.7 Å². The van der Waals surface area contributed by atoms with Crippen molar-refractivity contribution in [2.75, 3.05) is 7.11 Å². The van der Waals surface area contributed by atoms with Gasteiger partial charge in [-0.15, -0.1) is 0 Å². The second kappa shape index (κ2) is 7.47. The molecule has 0 saturated carbocycles. The molecular weight excluding hydrogens is 306 g/mol. The lowest BCUT2D eigenvalue weighted by Gasteiger charge is -2.38. The number of nitrogens with one attached hydrogen (secondary N) is 2. The van der Waals surface area contributed by atoms with Crippen LogP contribution in [0.5, 0.6) is 5.75 Å². The van der Waals surface area contributed by atoms with E-state index in [9.17, 15) is 9.59 Å². The maximum atomic E-state index is 12.7. The minimum Gasteiger partial charge on any atom is -0.497 e. The summed E-state index contributed by atoms with van der Waals surface area (Å²) in [5, 5.41) is 5.51. The first-order valence-corrected chi connectivity index (χ1v) is 8.33. The maximum absolute atomic E-state index is 12.7. The molecular formula is C18H25N3O3. The summed E-state index contributed by atoms with van der Waals surface area (Å²) in [6.07, 6.45) is 2.21. The molecule has 0 spiro atoms. The normalized spacial score (nSPS) is 21.8. The molecule has 1 aromatic rings. The Morgan fingerprint density at radius 2 is 1.71 bits per heavy atom. The van der Waals surface area contributed by atoms with Crippen LogP contribution in [0, 0.1) is 11.3 Å². The lowest BCUT2D eigenvalue weighted by molar-refractivity contribution is -0.147. The lowest BCUT2D eigenvalue weighted by Crippen LogP contribution is -2.64. The molecule has 0 unspecified atom stereocenters. The number of aliphatic imine (C=N–C) groups is 1. The van der Waals surface area contributed by atoms with Crippen LogP contribution < -0.4 is 15.4 Å². The third-order valence-electron chi connectivity index (χ3n) is 4.71. The van der Waals surface area contributed by atoms with Crippen LogP contribution in [0.3, 0.4) is 0 Å². The minimum absolute atomic E-state index is 0.0324. The largest absolute Gasteiger partial charge is 0.497 e. The summed E-state index contributed by atoms with van der Waals surface area (Å²) in [6.45, 7) is 5.88. The summed E-state index contributed by atoms with van der Waals surface area (Å²) in [4.78, 5) is 29.7. The van der Waals surface area contributed by atoms with Gasteiger partial charge in [-0.05, 0) is 43.0 Å². The average Bonchev–Trinajstić information content (AvgIpc) is 2.56. The molecule has 1 aliphatic heterocycles. The van der Waals surface area contributed by atoms with Gasteiger partial charge in [-0.25, -0.2) is 4.99 Å². The van der Waals surface area contributed by atoms with E-state index in [2.05, 4.69) is 22.5 Å². The van der Waals surface area contributed by atoms with Crippen molar-refractivity contribution in [1.82, 2.24) is 10.6 Å². The summed E-state index contributed by atoms with van der Waals surface area (Å²) < 4.78 is 5.10. The summed E-state index contributed by atoms with van der Waals surface area (Å²) in [7, 11) is 1.59. The molecule has 1 fully saturated rings. The molecule has 0 bridgehead atoms. The van der Waals surface area contributed by atoms with Gasteiger partial charge in [-0.3, -0.25) is 20.2 Å². The predicted octanol–water partition coefficient (Wildman–Crippen LogP) is 2.76. The second-order valence-electron chi connectivity index (χ2n) is 6.08. The number of carbonyl (C=O) groups is 2. The van der Waals surface area contributed by atoms with Gasteiger partial charge in [0.05, 0.1) is 12.8 Å². The van der Waals surface area contributed by atoms with Crippen molar-refractivity contribution in [2.45, 2.75) is 40.0 Å². The summed E-state index contributed by atoms with van der Waals surface area (Å²) in [5.41, 5.74) is -0.411. The molecule has 24 heavy (non-hydrogen) atoms. The van der Waals surface area contributed by atoms with Gasteiger partial charge in [0, 0.05) is 0 Å². The Morgan fingerprint density at radius 3 is 2.17 bits per heavy atom. The van der Waals surface area contributed by atoms with E-state index < -0.39 is 5.41 Å². The van der Waals surface area contributed by atoms with E-state index in [0.717, 1.165) is 12.8 Å². The molecule has 6 heteroatoms. The number of methoxy groups -OCH3 is 1. The van der Waals surface area contributed by atoms with E-state index in [0.29, 0.717) is 17.9 Å². The number of ether oxygens (including phenoxy) is 1. The van der Waals surface area contributed by atoms with E-state index in [1.54, 1.807) is 31.4 Å². The van der Waals surface area contributed by atoms with Crippen molar-refractivity contribution in [3.05, 3.63) is 24.3 Å². The summed E-state index contributed by atoms with van der Waals surface area (Å²) >= 11 is 0. The quantitative estimate of drug-likeness (QED) is 0.787. The van der Waals surface area contributed by atoms with Crippen LogP contribution in [-0.4, -0.2) is 24.9 Å². The van der Waals surface area contributed by atoms with Gasteiger partial charge in [0.2, 0.25) is 17.8 Å². The van der Waals surface area contributed by atoms with E-state index >= 15 is 0 Å². The molecule has 2 N–H and O–H groups in total. The molecule has 130 valence electrons. The molecule has 1 atom stereocenters. The number of guanidine groups is 1. The third kappa shape index (κ3) is 3.27. The Labute approximate surface area is 142 Å². The fourth-order valence-electron chi connectivity index (χ4n) is 3.21. The summed E-state index contributed by atoms with van der Waals surface area (Å²) in [6, 6.07) is 7.05. The van der Waals surface area contributed by atoms with Crippen LogP contribution in [0.1, 0.15) is 40.0 Å². The van der Waals surface area contributed by atoms with Crippen molar-refractivity contribution < 1.29 is 14.3 Å². The highest BCUT2D eigenvalue weighted by Crippen LogP contribution is 2.36. The smallest absolute Gasteiger partial charge is 0.242 e. The first-order chi connectivity index (χ1) is 11.5. The lowest BCUT2D eigenvalue weighted by atomic mass is 9.70.